The highest BCUT2D eigenvalue weighted by Crippen LogP contribution is 2.31. The van der Waals surface area contributed by atoms with Crippen LogP contribution in [0.3, 0.4) is 0 Å². The monoisotopic (exact) mass is 1340 g/mol. The van der Waals surface area contributed by atoms with Crippen LogP contribution in [0.15, 0.2) is 171 Å². The Hall–Kier alpha value is -8.15. The van der Waals surface area contributed by atoms with Crippen LogP contribution in [0, 0.1) is 105 Å². The van der Waals surface area contributed by atoms with Crippen LogP contribution in [0.4, 0.5) is 0 Å². The van der Waals surface area contributed by atoms with E-state index in [1.807, 2.05) is 172 Å². The predicted molar refractivity (Wildman–Crippen MR) is 420 cm³/mol. The van der Waals surface area contributed by atoms with Crippen molar-refractivity contribution in [3.05, 3.63) is 265 Å². The van der Waals surface area contributed by atoms with Gasteiger partial charge in [-0.3, -0.25) is 0 Å². The first kappa shape index (κ1) is 45.5. The Morgan fingerprint density at radius 2 is 0.714 bits per heavy atom. The number of rotatable bonds is 12. The van der Waals surface area contributed by atoms with E-state index in [0.29, 0.717) is 50.2 Å². The summed E-state index contributed by atoms with van der Waals surface area (Å²) in [5, 5.41) is 0. The fraction of sp³-hybridized carbons (Fsp3) is 0.409. The topological polar surface area (TPSA) is 19.4 Å². The van der Waals surface area contributed by atoms with Gasteiger partial charge in [0.1, 0.15) is 35.2 Å². The molecule has 5 heteroatoms. The second-order valence-electron chi connectivity index (χ2n) is 28.3. The number of benzene rings is 5. The Balaban J connectivity index is 0.000000247. The third-order valence-corrected chi connectivity index (χ3v) is 16.0. The molecule has 5 nitrogen and oxygen atoms in total. The Morgan fingerprint density at radius 3 is 1.09 bits per heavy atom. The molecule has 5 heterocycles. The molecule has 10 aromatic rings. The van der Waals surface area contributed by atoms with E-state index in [2.05, 4.69) is 0 Å². The number of aromatic nitrogens is 5. The molecule has 10 rings (SSSR count). The molecule has 98 heavy (non-hydrogen) atoms. The zero-order valence-electron chi connectivity index (χ0n) is 92.1. The fourth-order valence-electron chi connectivity index (χ4n) is 11.5. The van der Waals surface area contributed by atoms with E-state index in [-0.39, 0.29) is 34.1 Å². The molecule has 0 amide bonds. The zero-order chi connectivity index (χ0) is 98.4. The van der Waals surface area contributed by atoms with Gasteiger partial charge in [-0.25, -0.2) is 22.8 Å². The van der Waals surface area contributed by atoms with Crippen molar-refractivity contribution in [2.75, 3.05) is 0 Å². The maximum Gasteiger partial charge on any atom is 0.212 e. The fourth-order valence-corrected chi connectivity index (χ4v) is 11.5. The van der Waals surface area contributed by atoms with Crippen LogP contribution in [0.5, 0.6) is 0 Å². The molecule has 518 valence electrons. The molecule has 5 aromatic carbocycles. The summed E-state index contributed by atoms with van der Waals surface area (Å²) < 4.78 is 245. The van der Waals surface area contributed by atoms with Crippen molar-refractivity contribution < 1.29 is 64.0 Å². The first-order chi connectivity index (χ1) is 57.7. The highest BCUT2D eigenvalue weighted by molar-refractivity contribution is 5.66. The second kappa shape index (κ2) is 34.6. The van der Waals surface area contributed by atoms with Crippen LogP contribution in [0.1, 0.15) is 225 Å². The molecule has 0 saturated heterocycles. The summed E-state index contributed by atoms with van der Waals surface area (Å²) in [7, 11) is 9.19. The van der Waals surface area contributed by atoms with Gasteiger partial charge in [0.05, 0.1) is 0 Å². The summed E-state index contributed by atoms with van der Waals surface area (Å²) in [6, 6.07) is 39.7. The number of aryl methyl sites for hydroxylation is 17. The zero-order valence-corrected chi connectivity index (χ0v) is 62.1. The minimum Gasteiger partial charge on any atom is -0.201 e. The van der Waals surface area contributed by atoms with E-state index >= 15 is 0 Å². The van der Waals surface area contributed by atoms with Crippen molar-refractivity contribution >= 4 is 0 Å². The normalized spacial score (nSPS) is 18.0. The lowest BCUT2D eigenvalue weighted by Gasteiger charge is -2.19. The van der Waals surface area contributed by atoms with Gasteiger partial charge in [-0.2, -0.15) is 0 Å². The van der Waals surface area contributed by atoms with Crippen molar-refractivity contribution in [3.63, 3.8) is 0 Å². The molecule has 0 aliphatic rings. The number of hydrogen-bond donors (Lipinski definition) is 0. The molecule has 0 radical (unpaired) electrons. The lowest BCUT2D eigenvalue weighted by atomic mass is 9.86. The highest BCUT2D eigenvalue weighted by atomic mass is 14.9. The molecule has 0 aliphatic heterocycles. The van der Waals surface area contributed by atoms with E-state index < -0.39 is 90.2 Å². The Bertz CT molecular complexity index is 5620. The summed E-state index contributed by atoms with van der Waals surface area (Å²) in [5.41, 5.74) is 15.9. The van der Waals surface area contributed by atoms with Gasteiger partial charge < -0.3 is 0 Å². The van der Waals surface area contributed by atoms with E-state index in [4.69, 9.17) is 41.1 Å². The van der Waals surface area contributed by atoms with E-state index in [1.54, 1.807) is 155 Å². The Kier molecular flexibility index (Phi) is 16.0. The van der Waals surface area contributed by atoms with Gasteiger partial charge in [-0.05, 0) is 223 Å². The predicted octanol–water partition coefficient (Wildman–Crippen LogP) is 21.3. The van der Waals surface area contributed by atoms with Crippen molar-refractivity contribution in [2.24, 2.45) is 57.9 Å². The second-order valence-corrected chi connectivity index (χ2v) is 28.3. The maximum absolute atomic E-state index is 8.67. The van der Waals surface area contributed by atoms with Crippen LogP contribution in [0.25, 0.3) is 56.3 Å². The molecule has 5 aromatic heterocycles. The standard InChI is InChI=1S/C20H28N.C19H26N.3C18H24N/c1-14-8-9-18(15(2)10-14)19-11-17(12-20(4,5)6)16(3)13-21(19)7;1-14-7-8-17(15(2)11-14)18-12-16(9-10-20(18)6)13-19(3,4)5;1-12(2)17-11-19(6)18(10-15(17)5)16-8-7-13(3)9-14(16)4;1-13(2)10-16-7-9-18(19(5)12-16)17-8-6-14(3)11-15(17)4;1-13(2)10-16-8-9-19(5)18(12-16)17-7-6-14(3)11-15(17)4/h8-11,13H,12H2,1-7H3;7-12H,13H2,1-6H3;7-12H,1-6H3;2*6-9,11-13H,10H2,1-5H3/q5*+1/i1D3,3D3,12D2;1D3,13D2;1D3,3D3,12D;2*3D3,10D2. The van der Waals surface area contributed by atoms with Gasteiger partial charge in [-0.1, -0.05) is 171 Å². The average Bonchev–Trinajstić information content (AvgIpc) is 0.749. The van der Waals surface area contributed by atoms with Crippen LogP contribution < -0.4 is 22.8 Å². The highest BCUT2D eigenvalue weighted by Gasteiger charge is 2.23. The average molecular weight is 1340 g/mol. The van der Waals surface area contributed by atoms with Crippen molar-refractivity contribution in [1.82, 2.24) is 0 Å². The molecule has 1 atom stereocenters. The molecule has 0 spiro atoms. The Labute approximate surface area is 638 Å². The molecule has 0 aliphatic carbocycles. The lowest BCUT2D eigenvalue weighted by Crippen LogP contribution is -2.32. The number of hydrogen-bond acceptors (Lipinski definition) is 0. The number of pyridine rings is 5. The third-order valence-electron chi connectivity index (χ3n) is 16.0. The van der Waals surface area contributed by atoms with Crippen LogP contribution in [0.2, 0.25) is 0 Å². The Morgan fingerprint density at radius 1 is 0.347 bits per heavy atom. The minimum atomic E-state index is -2.47. The SMILES string of the molecule is [2H]C([2H])([2H])c1ccc(-c2cc(C([2H])([2H])C(C)(C)C)c(C([2H])([2H])[2H])c[n+]2C)c(C)c1.[2H]C([2H])([2H])c1ccc(-c2cc(C([2H])([2H])C(C)(C)C)cc[n+]2C)c(C)c1.[2H]C([2H])([2H])c1ccc(-c2cc(C([2H])([2H])C(C)C)cc[n+]2C)c(C)c1.[2H]C([2H])([2H])c1ccc(-c2cc(C)c(C([2H])(C)C([2H])([2H])[2H])c[n+]2C)c(C)c1.[2H]C([2H])([2H])c1ccc(-c2ccc(C([2H])([2H])C(C)C)c[n+]2C)c(C)c1. The van der Waals surface area contributed by atoms with E-state index in [9.17, 15) is 0 Å². The van der Waals surface area contributed by atoms with Crippen LogP contribution >= 0.6 is 0 Å². The van der Waals surface area contributed by atoms with Gasteiger partial charge in [0.25, 0.3) is 0 Å². The first-order valence-electron chi connectivity index (χ1n) is 48.3. The summed E-state index contributed by atoms with van der Waals surface area (Å²) >= 11 is 0. The molecule has 0 fully saturated rings. The quantitative estimate of drug-likeness (QED) is 0.109. The smallest absolute Gasteiger partial charge is 0.201 e. The van der Waals surface area contributed by atoms with Gasteiger partial charge in [0.15, 0.2) is 31.0 Å². The van der Waals surface area contributed by atoms with E-state index in [1.165, 1.54) is 19.2 Å². The van der Waals surface area contributed by atoms with E-state index in [0.717, 1.165) is 78.4 Å². The molecular formula is C93H126N5+5. The van der Waals surface area contributed by atoms with Crippen LogP contribution in [-0.4, -0.2) is 0 Å². The molecule has 0 saturated carbocycles. The summed E-state index contributed by atoms with van der Waals surface area (Å²) in [5.74, 6) is -1.98. The molecule has 1 unspecified atom stereocenters. The third kappa shape index (κ3) is 23.0. The minimum absolute atomic E-state index is 0.0274. The summed E-state index contributed by atoms with van der Waals surface area (Å²) in [4.78, 5) is 0. The van der Waals surface area contributed by atoms with Gasteiger partial charge in [-0.15, -0.1) is 0 Å². The van der Waals surface area contributed by atoms with Gasteiger partial charge in [0.2, 0.25) is 28.5 Å². The van der Waals surface area contributed by atoms with Crippen molar-refractivity contribution in [2.45, 2.75) is 197 Å². The first-order valence-corrected chi connectivity index (χ1v) is 33.3. The van der Waals surface area contributed by atoms with Gasteiger partial charge in [0, 0.05) is 128 Å². The number of nitrogens with zero attached hydrogens (tertiary/aromatic N) is 5. The maximum atomic E-state index is 8.67. The largest absolute Gasteiger partial charge is 0.212 e. The molecule has 0 N–H and O–H groups in total. The molecular weight excluding hydrogens is 1190 g/mol. The van der Waals surface area contributed by atoms with Crippen molar-refractivity contribution in [1.29, 1.82) is 0 Å². The summed E-state index contributed by atoms with van der Waals surface area (Å²) in [6.07, 6.45) is 2.46. The van der Waals surface area contributed by atoms with Gasteiger partial charge >= 0.3 is 0 Å². The molecule has 0 bridgehead atoms. The summed E-state index contributed by atoms with van der Waals surface area (Å²) in [6.45, 7) is 15.2. The van der Waals surface area contributed by atoms with Crippen molar-refractivity contribution in [3.8, 4) is 56.3 Å². The lowest BCUT2D eigenvalue weighted by molar-refractivity contribution is -0.661. The van der Waals surface area contributed by atoms with Crippen LogP contribution in [-0.2, 0) is 60.7 Å².